The summed E-state index contributed by atoms with van der Waals surface area (Å²) in [4.78, 5) is 10.6. The zero-order chi connectivity index (χ0) is 13.3. The normalized spacial score (nSPS) is 15.2. The van der Waals surface area contributed by atoms with Crippen molar-refractivity contribution in [2.45, 2.75) is 12.8 Å². The van der Waals surface area contributed by atoms with Gasteiger partial charge in [-0.1, -0.05) is 6.07 Å². The van der Waals surface area contributed by atoms with Crippen LogP contribution >= 0.6 is 0 Å². The molecule has 0 aliphatic carbocycles. The SMILES string of the molecule is Nc1cccc2c1CCCN2S(=O)(=O)CC(=O)O. The van der Waals surface area contributed by atoms with Crippen LogP contribution in [0, 0.1) is 0 Å². The first-order valence-corrected chi connectivity index (χ1v) is 7.12. The van der Waals surface area contributed by atoms with Gasteiger partial charge in [-0.15, -0.1) is 0 Å². The van der Waals surface area contributed by atoms with E-state index in [4.69, 9.17) is 10.8 Å². The molecule has 0 saturated heterocycles. The van der Waals surface area contributed by atoms with Gasteiger partial charge in [-0.25, -0.2) is 8.42 Å². The van der Waals surface area contributed by atoms with Crippen LogP contribution < -0.4 is 10.0 Å². The highest BCUT2D eigenvalue weighted by Crippen LogP contribution is 2.32. The number of anilines is 2. The quantitative estimate of drug-likeness (QED) is 0.776. The van der Waals surface area contributed by atoms with Crippen LogP contribution in [0.5, 0.6) is 0 Å². The molecule has 1 aromatic rings. The molecule has 3 N–H and O–H groups in total. The molecule has 18 heavy (non-hydrogen) atoms. The first-order valence-electron chi connectivity index (χ1n) is 5.51. The summed E-state index contributed by atoms with van der Waals surface area (Å²) in [6.07, 6.45) is 1.35. The van der Waals surface area contributed by atoms with Gasteiger partial charge in [0.05, 0.1) is 5.69 Å². The summed E-state index contributed by atoms with van der Waals surface area (Å²) in [6.45, 7) is 0.298. The Morgan fingerprint density at radius 3 is 2.83 bits per heavy atom. The van der Waals surface area contributed by atoms with E-state index in [2.05, 4.69) is 0 Å². The number of rotatable bonds is 3. The van der Waals surface area contributed by atoms with Gasteiger partial charge in [0.2, 0.25) is 10.0 Å². The van der Waals surface area contributed by atoms with Crippen molar-refractivity contribution in [1.29, 1.82) is 0 Å². The molecule has 0 amide bonds. The Labute approximate surface area is 105 Å². The minimum Gasteiger partial charge on any atom is -0.480 e. The standard InChI is InChI=1S/C11H14N2O4S/c12-9-4-1-5-10-8(9)3-2-6-13(10)18(16,17)7-11(14)15/h1,4-5H,2-3,6-7,12H2,(H,14,15). The molecule has 0 unspecified atom stereocenters. The van der Waals surface area contributed by atoms with Crippen LogP contribution in [0.2, 0.25) is 0 Å². The second kappa shape index (κ2) is 4.49. The van der Waals surface area contributed by atoms with Gasteiger partial charge >= 0.3 is 5.97 Å². The fourth-order valence-corrected chi connectivity index (χ4v) is 3.49. The highest BCUT2D eigenvalue weighted by molar-refractivity contribution is 7.93. The number of aliphatic carboxylic acids is 1. The number of benzene rings is 1. The molecule has 0 aromatic heterocycles. The third-order valence-electron chi connectivity index (χ3n) is 2.89. The van der Waals surface area contributed by atoms with Crippen LogP contribution in [-0.4, -0.2) is 31.8 Å². The summed E-state index contributed by atoms with van der Waals surface area (Å²) in [7, 11) is -3.83. The van der Waals surface area contributed by atoms with Gasteiger partial charge in [0.25, 0.3) is 0 Å². The Bertz CT molecular complexity index is 583. The molecule has 6 nitrogen and oxygen atoms in total. The second-order valence-electron chi connectivity index (χ2n) is 4.17. The van der Waals surface area contributed by atoms with E-state index in [1.165, 1.54) is 0 Å². The van der Waals surface area contributed by atoms with Crippen LogP contribution in [0.1, 0.15) is 12.0 Å². The topological polar surface area (TPSA) is 101 Å². The average molecular weight is 270 g/mol. The molecule has 0 radical (unpaired) electrons. The van der Waals surface area contributed by atoms with E-state index in [1.807, 2.05) is 0 Å². The van der Waals surface area contributed by atoms with Gasteiger partial charge < -0.3 is 10.8 Å². The van der Waals surface area contributed by atoms with E-state index < -0.39 is 21.7 Å². The molecule has 0 fully saturated rings. The van der Waals surface area contributed by atoms with Crippen molar-refractivity contribution in [2.24, 2.45) is 0 Å². The summed E-state index contributed by atoms with van der Waals surface area (Å²) < 4.78 is 25.1. The summed E-state index contributed by atoms with van der Waals surface area (Å²) in [5.74, 6) is -2.26. The number of nitrogens with two attached hydrogens (primary N) is 1. The van der Waals surface area contributed by atoms with Crippen LogP contribution in [0.15, 0.2) is 18.2 Å². The van der Waals surface area contributed by atoms with Gasteiger partial charge in [-0.05, 0) is 30.5 Å². The molecule has 1 heterocycles. The van der Waals surface area contributed by atoms with Crippen LogP contribution in [0.25, 0.3) is 0 Å². The maximum Gasteiger partial charge on any atom is 0.320 e. The summed E-state index contributed by atoms with van der Waals surface area (Å²) in [5.41, 5.74) is 7.63. The van der Waals surface area contributed by atoms with Crippen molar-refractivity contribution in [3.8, 4) is 0 Å². The van der Waals surface area contributed by atoms with Crippen LogP contribution in [-0.2, 0) is 21.2 Å². The lowest BCUT2D eigenvalue weighted by atomic mass is 10.0. The van der Waals surface area contributed by atoms with Crippen molar-refractivity contribution >= 4 is 27.4 Å². The molecule has 0 saturated carbocycles. The number of hydrogen-bond acceptors (Lipinski definition) is 4. The predicted octanol–water partition coefficient (Wildman–Crippen LogP) is 0.436. The van der Waals surface area contributed by atoms with Crippen molar-refractivity contribution in [3.05, 3.63) is 23.8 Å². The highest BCUT2D eigenvalue weighted by Gasteiger charge is 2.29. The zero-order valence-corrected chi connectivity index (χ0v) is 10.5. The Morgan fingerprint density at radius 1 is 1.44 bits per heavy atom. The lowest BCUT2D eigenvalue weighted by Gasteiger charge is -2.30. The monoisotopic (exact) mass is 270 g/mol. The lowest BCUT2D eigenvalue weighted by molar-refractivity contribution is -0.134. The van der Waals surface area contributed by atoms with Crippen molar-refractivity contribution in [3.63, 3.8) is 0 Å². The largest absolute Gasteiger partial charge is 0.480 e. The molecule has 1 aromatic carbocycles. The molecule has 98 valence electrons. The van der Waals surface area contributed by atoms with E-state index in [9.17, 15) is 13.2 Å². The van der Waals surface area contributed by atoms with Crippen LogP contribution in [0.3, 0.4) is 0 Å². The molecular formula is C11H14N2O4S. The van der Waals surface area contributed by atoms with E-state index >= 15 is 0 Å². The van der Waals surface area contributed by atoms with Gasteiger partial charge in [0.15, 0.2) is 5.75 Å². The molecule has 1 aliphatic heterocycles. The maximum absolute atomic E-state index is 12.0. The summed E-state index contributed by atoms with van der Waals surface area (Å²) in [6, 6.07) is 5.04. The number of sulfonamides is 1. The third kappa shape index (κ3) is 2.26. The number of nitrogen functional groups attached to an aromatic ring is 1. The summed E-state index contributed by atoms with van der Waals surface area (Å²) >= 11 is 0. The van der Waals surface area contributed by atoms with Crippen molar-refractivity contribution in [1.82, 2.24) is 0 Å². The van der Waals surface area contributed by atoms with E-state index in [1.54, 1.807) is 18.2 Å². The van der Waals surface area contributed by atoms with Crippen molar-refractivity contribution in [2.75, 3.05) is 22.3 Å². The number of nitrogens with zero attached hydrogens (tertiary/aromatic N) is 1. The van der Waals surface area contributed by atoms with Gasteiger partial charge in [0.1, 0.15) is 0 Å². The molecule has 7 heteroatoms. The number of hydrogen-bond donors (Lipinski definition) is 2. The Kier molecular flexibility index (Phi) is 3.16. The molecule has 1 aliphatic rings. The molecule has 0 spiro atoms. The second-order valence-corrected chi connectivity index (χ2v) is 6.06. The number of carboxylic acids is 1. The third-order valence-corrected chi connectivity index (χ3v) is 4.55. The van der Waals surface area contributed by atoms with E-state index in [0.29, 0.717) is 30.8 Å². The first-order chi connectivity index (χ1) is 8.42. The Hall–Kier alpha value is -1.76. The van der Waals surface area contributed by atoms with Gasteiger partial charge in [0, 0.05) is 12.2 Å². The van der Waals surface area contributed by atoms with Gasteiger partial charge in [-0.2, -0.15) is 0 Å². The predicted molar refractivity (Wildman–Crippen MR) is 67.9 cm³/mol. The minimum absolute atomic E-state index is 0.298. The van der Waals surface area contributed by atoms with Gasteiger partial charge in [-0.3, -0.25) is 9.10 Å². The molecule has 2 rings (SSSR count). The maximum atomic E-state index is 12.0. The molecule has 0 atom stereocenters. The van der Waals surface area contributed by atoms with E-state index in [0.717, 1.165) is 9.87 Å². The molecule has 0 bridgehead atoms. The first kappa shape index (κ1) is 12.7. The minimum atomic E-state index is -3.83. The van der Waals surface area contributed by atoms with Crippen molar-refractivity contribution < 1.29 is 18.3 Å². The average Bonchev–Trinajstić information content (AvgIpc) is 2.27. The zero-order valence-electron chi connectivity index (χ0n) is 9.67. The number of fused-ring (bicyclic) bond motifs is 1. The smallest absolute Gasteiger partial charge is 0.320 e. The lowest BCUT2D eigenvalue weighted by Crippen LogP contribution is -2.39. The molecular weight excluding hydrogens is 256 g/mol. The fraction of sp³-hybridized carbons (Fsp3) is 0.364. The fourth-order valence-electron chi connectivity index (χ4n) is 2.14. The summed E-state index contributed by atoms with van der Waals surface area (Å²) in [5, 5.41) is 8.65. The van der Waals surface area contributed by atoms with E-state index in [-0.39, 0.29) is 0 Å². The van der Waals surface area contributed by atoms with Crippen LogP contribution in [0.4, 0.5) is 11.4 Å². The number of carboxylic acid groups (broad SMARTS) is 1. The Morgan fingerprint density at radius 2 is 2.17 bits per heavy atom. The highest BCUT2D eigenvalue weighted by atomic mass is 32.2. The number of carbonyl (C=O) groups is 1. The Balaban J connectivity index is 2.45.